The minimum absolute atomic E-state index is 0.00481. The van der Waals surface area contributed by atoms with Crippen LogP contribution >= 0.6 is 11.6 Å². The number of halogens is 1. The molecule has 11 nitrogen and oxygen atoms in total. The van der Waals surface area contributed by atoms with Gasteiger partial charge in [-0.1, -0.05) is 11.6 Å². The van der Waals surface area contributed by atoms with Crippen LogP contribution in [0.25, 0.3) is 11.0 Å². The summed E-state index contributed by atoms with van der Waals surface area (Å²) >= 11 is 6.55. The quantitative estimate of drug-likeness (QED) is 0.410. The van der Waals surface area contributed by atoms with Crippen LogP contribution in [0.1, 0.15) is 30.5 Å². The first-order valence-corrected chi connectivity index (χ1v) is 13.3. The summed E-state index contributed by atoms with van der Waals surface area (Å²) < 4.78 is 15.9. The van der Waals surface area contributed by atoms with Gasteiger partial charge < -0.3 is 29.7 Å². The van der Waals surface area contributed by atoms with Crippen molar-refractivity contribution in [3.05, 3.63) is 46.7 Å². The van der Waals surface area contributed by atoms with E-state index in [1.54, 1.807) is 19.4 Å². The summed E-state index contributed by atoms with van der Waals surface area (Å²) in [6.45, 7) is 1.06. The number of likely N-dealkylation sites (tertiary alicyclic amines) is 1. The molecule has 39 heavy (non-hydrogen) atoms. The molecule has 5 rings (SSSR count). The number of pyridine rings is 3. The fourth-order valence-electron chi connectivity index (χ4n) is 5.10. The van der Waals surface area contributed by atoms with Gasteiger partial charge in [0.15, 0.2) is 18.2 Å². The molecule has 0 saturated carbocycles. The van der Waals surface area contributed by atoms with Crippen LogP contribution in [0.3, 0.4) is 0 Å². The zero-order chi connectivity index (χ0) is 27.4. The lowest BCUT2D eigenvalue weighted by atomic mass is 9.93. The number of carbonyl (C=O) groups excluding carboxylic acids is 2. The maximum Gasteiger partial charge on any atom is 0.263 e. The maximum atomic E-state index is 13.0. The molecule has 0 unspecified atom stereocenters. The van der Waals surface area contributed by atoms with Crippen LogP contribution in [0.2, 0.25) is 5.02 Å². The minimum Gasteiger partial charge on any atom is -0.481 e. The Morgan fingerprint density at radius 3 is 2.92 bits per heavy atom. The average Bonchev–Trinajstić information content (AvgIpc) is 2.95. The minimum atomic E-state index is -0.221. The smallest absolute Gasteiger partial charge is 0.263 e. The van der Waals surface area contributed by atoms with E-state index in [2.05, 4.69) is 25.6 Å². The molecule has 206 valence electrons. The highest BCUT2D eigenvalue weighted by molar-refractivity contribution is 6.32. The third-order valence-corrected chi connectivity index (χ3v) is 7.40. The number of nitrogens with zero attached hydrogens (tertiary/aromatic N) is 4. The lowest BCUT2D eigenvalue weighted by Crippen LogP contribution is -2.53. The number of nitrogens with one attached hydrogen (secondary N) is 2. The molecule has 2 atom stereocenters. The first-order valence-electron chi connectivity index (χ1n) is 12.9. The predicted molar refractivity (Wildman–Crippen MR) is 145 cm³/mol. The molecule has 0 radical (unpaired) electrons. The second-order valence-corrected chi connectivity index (χ2v) is 10.0. The molecule has 2 amide bonds. The Labute approximate surface area is 231 Å². The maximum absolute atomic E-state index is 13.0. The second-order valence-electron chi connectivity index (χ2n) is 9.62. The molecule has 1 saturated heterocycles. The van der Waals surface area contributed by atoms with E-state index in [1.807, 2.05) is 23.1 Å². The highest BCUT2D eigenvalue weighted by Crippen LogP contribution is 2.29. The number of fused-ring (bicyclic) bond motifs is 2. The SMILES string of the molecule is COCC(=O)N1C[C@@H](NCc2ccc3c(n2)NC(=O)CO3)CC[C@H]1CCc1c(Cl)cnc2ccc(OC)nc12. The number of aromatic nitrogens is 3. The predicted octanol–water partition coefficient (Wildman–Crippen LogP) is 2.75. The molecule has 1 fully saturated rings. The van der Waals surface area contributed by atoms with Crippen molar-refractivity contribution in [2.24, 2.45) is 0 Å². The summed E-state index contributed by atoms with van der Waals surface area (Å²) in [7, 11) is 3.10. The van der Waals surface area contributed by atoms with Crippen molar-refractivity contribution in [3.8, 4) is 11.6 Å². The Kier molecular flexibility index (Phi) is 8.39. The van der Waals surface area contributed by atoms with E-state index < -0.39 is 0 Å². The summed E-state index contributed by atoms with van der Waals surface area (Å²) in [5.41, 5.74) is 3.14. The number of rotatable bonds is 9. The van der Waals surface area contributed by atoms with E-state index in [9.17, 15) is 9.59 Å². The number of piperidine rings is 1. The van der Waals surface area contributed by atoms with E-state index >= 15 is 0 Å². The summed E-state index contributed by atoms with van der Waals surface area (Å²) in [6, 6.07) is 7.43. The normalized spacial score (nSPS) is 18.8. The lowest BCUT2D eigenvalue weighted by Gasteiger charge is -2.40. The Morgan fingerprint density at radius 1 is 1.23 bits per heavy atom. The number of ether oxygens (including phenoxy) is 3. The molecule has 2 aliphatic heterocycles. The van der Waals surface area contributed by atoms with E-state index in [4.69, 9.17) is 25.8 Å². The Morgan fingerprint density at radius 2 is 2.10 bits per heavy atom. The first-order chi connectivity index (χ1) is 18.9. The van der Waals surface area contributed by atoms with Crippen molar-refractivity contribution < 1.29 is 23.8 Å². The van der Waals surface area contributed by atoms with Gasteiger partial charge in [-0.3, -0.25) is 14.6 Å². The van der Waals surface area contributed by atoms with Gasteiger partial charge in [0.2, 0.25) is 11.8 Å². The van der Waals surface area contributed by atoms with Crippen LogP contribution in [-0.2, 0) is 27.3 Å². The van der Waals surface area contributed by atoms with Crippen molar-refractivity contribution >= 4 is 40.3 Å². The number of amides is 2. The Bertz CT molecular complexity index is 1370. The van der Waals surface area contributed by atoms with Crippen LogP contribution in [0, 0.1) is 0 Å². The highest BCUT2D eigenvalue weighted by atomic mass is 35.5. The van der Waals surface area contributed by atoms with Gasteiger partial charge in [0.1, 0.15) is 6.61 Å². The molecule has 3 aromatic heterocycles. The molecule has 2 N–H and O–H groups in total. The molecule has 0 bridgehead atoms. The Hall–Kier alpha value is -3.54. The van der Waals surface area contributed by atoms with Gasteiger partial charge in [0.25, 0.3) is 5.91 Å². The van der Waals surface area contributed by atoms with Crippen LogP contribution in [0.5, 0.6) is 11.6 Å². The zero-order valence-corrected chi connectivity index (χ0v) is 22.7. The van der Waals surface area contributed by atoms with Crippen LogP contribution in [0.15, 0.2) is 30.5 Å². The van der Waals surface area contributed by atoms with Gasteiger partial charge in [-0.25, -0.2) is 9.97 Å². The van der Waals surface area contributed by atoms with E-state index in [0.29, 0.717) is 47.5 Å². The third-order valence-electron chi connectivity index (χ3n) is 7.07. The van der Waals surface area contributed by atoms with Crippen molar-refractivity contribution in [1.82, 2.24) is 25.2 Å². The van der Waals surface area contributed by atoms with Crippen LogP contribution in [0.4, 0.5) is 5.82 Å². The summed E-state index contributed by atoms with van der Waals surface area (Å²) in [4.78, 5) is 40.0. The summed E-state index contributed by atoms with van der Waals surface area (Å²) in [6.07, 6.45) is 4.74. The largest absolute Gasteiger partial charge is 0.481 e. The lowest BCUT2D eigenvalue weighted by molar-refractivity contribution is -0.139. The summed E-state index contributed by atoms with van der Waals surface area (Å²) in [5, 5.41) is 6.80. The summed E-state index contributed by atoms with van der Waals surface area (Å²) in [5.74, 6) is 1.22. The average molecular weight is 555 g/mol. The van der Waals surface area contributed by atoms with E-state index in [0.717, 1.165) is 36.0 Å². The van der Waals surface area contributed by atoms with Gasteiger partial charge in [-0.05, 0) is 43.9 Å². The molecule has 12 heteroatoms. The molecule has 3 aromatic rings. The molecule has 2 aliphatic rings. The fourth-order valence-corrected chi connectivity index (χ4v) is 5.33. The third kappa shape index (κ3) is 6.21. The van der Waals surface area contributed by atoms with Gasteiger partial charge in [-0.2, -0.15) is 0 Å². The van der Waals surface area contributed by atoms with Gasteiger partial charge in [-0.15, -0.1) is 0 Å². The zero-order valence-electron chi connectivity index (χ0n) is 21.9. The second kappa shape index (κ2) is 12.1. The highest BCUT2D eigenvalue weighted by Gasteiger charge is 2.31. The molecule has 5 heterocycles. The molecule has 0 aliphatic carbocycles. The Balaban J connectivity index is 1.25. The van der Waals surface area contributed by atoms with Crippen LogP contribution in [-0.4, -0.2) is 77.7 Å². The van der Waals surface area contributed by atoms with Crippen molar-refractivity contribution in [2.75, 3.05) is 39.3 Å². The van der Waals surface area contributed by atoms with Gasteiger partial charge in [0, 0.05) is 50.1 Å². The number of carbonyl (C=O) groups is 2. The molecule has 0 aromatic carbocycles. The van der Waals surface area contributed by atoms with Crippen molar-refractivity contribution in [3.63, 3.8) is 0 Å². The number of hydrogen-bond donors (Lipinski definition) is 2. The van der Waals surface area contributed by atoms with Crippen LogP contribution < -0.4 is 20.1 Å². The fraction of sp³-hybridized carbons (Fsp3) is 0.444. The van der Waals surface area contributed by atoms with Gasteiger partial charge >= 0.3 is 0 Å². The van der Waals surface area contributed by atoms with Crippen molar-refractivity contribution in [2.45, 2.75) is 44.3 Å². The standard InChI is InChI=1S/C27H31ClN6O5/c1-37-15-25(36)34-13-17(29-11-16-4-9-22-27(31-16)32-23(35)14-39-22)3-5-18(34)6-7-19-20(28)12-30-21-8-10-24(38-2)33-26(19)21/h4,8-10,12,17-18,29H,3,5-7,11,13-15H2,1-2H3,(H,31,32,35)/t17-,18-/m0/s1. The molecule has 0 spiro atoms. The molecular weight excluding hydrogens is 524 g/mol. The molecular formula is C27H31ClN6O5. The number of methoxy groups -OCH3 is 2. The van der Waals surface area contributed by atoms with E-state index in [1.165, 1.54) is 7.11 Å². The monoisotopic (exact) mass is 554 g/mol. The van der Waals surface area contributed by atoms with E-state index in [-0.39, 0.29) is 37.1 Å². The first kappa shape index (κ1) is 27.0. The topological polar surface area (TPSA) is 128 Å². The number of aryl methyl sites for hydroxylation is 1. The number of hydrogen-bond acceptors (Lipinski definition) is 9. The van der Waals surface area contributed by atoms with Crippen molar-refractivity contribution in [1.29, 1.82) is 0 Å². The number of anilines is 1. The van der Waals surface area contributed by atoms with Gasteiger partial charge in [0.05, 0.1) is 28.9 Å².